The Kier molecular flexibility index (Phi) is 13.6. The number of likely N-dealkylation sites (tertiary alicyclic amines) is 1. The van der Waals surface area contributed by atoms with Crippen molar-refractivity contribution in [2.45, 2.75) is 44.2 Å². The minimum atomic E-state index is 0. The largest absolute Gasteiger partial charge is 0.383 e. The van der Waals surface area contributed by atoms with E-state index in [0.29, 0.717) is 12.1 Å². The molecule has 2 aliphatic rings. The van der Waals surface area contributed by atoms with E-state index in [9.17, 15) is 0 Å². The molecule has 2 N–H and O–H groups in total. The third-order valence-corrected chi connectivity index (χ3v) is 4.90. The topological polar surface area (TPSA) is 67.4 Å². The summed E-state index contributed by atoms with van der Waals surface area (Å²) in [6, 6.07) is 0.503. The van der Waals surface area contributed by atoms with Gasteiger partial charge in [-0.1, -0.05) is 0 Å². The fourth-order valence-corrected chi connectivity index (χ4v) is 3.28. The molecule has 2 aliphatic heterocycles. The summed E-state index contributed by atoms with van der Waals surface area (Å²) >= 11 is 0. The molecule has 0 atom stereocenters. The molecule has 8 heteroatoms. The maximum absolute atomic E-state index is 5.90. The average Bonchev–Trinajstić information content (AvgIpc) is 2.67. The fourth-order valence-electron chi connectivity index (χ4n) is 3.28. The van der Waals surface area contributed by atoms with E-state index in [1.54, 1.807) is 7.11 Å². The first kappa shape index (κ1) is 23.9. The number of methoxy groups -OCH3 is 1. The van der Waals surface area contributed by atoms with Gasteiger partial charge in [-0.15, -0.1) is 24.0 Å². The molecular formula is C18H37IN4O3. The third-order valence-electron chi connectivity index (χ3n) is 4.90. The number of nitrogens with zero attached hydrogens (tertiary/aromatic N) is 2. The number of rotatable bonds is 9. The molecule has 2 fully saturated rings. The summed E-state index contributed by atoms with van der Waals surface area (Å²) in [4.78, 5) is 6.81. The molecule has 0 amide bonds. The van der Waals surface area contributed by atoms with E-state index in [-0.39, 0.29) is 24.0 Å². The second-order valence-corrected chi connectivity index (χ2v) is 6.79. The van der Waals surface area contributed by atoms with E-state index in [1.807, 2.05) is 7.05 Å². The number of hydrogen-bond donors (Lipinski definition) is 2. The lowest BCUT2D eigenvalue weighted by atomic mass is 10.1. The van der Waals surface area contributed by atoms with Gasteiger partial charge in [0.25, 0.3) is 0 Å². The molecule has 0 unspecified atom stereocenters. The van der Waals surface area contributed by atoms with Crippen LogP contribution in [0.25, 0.3) is 0 Å². The Bertz CT molecular complexity index is 373. The molecule has 2 saturated heterocycles. The Balaban J connectivity index is 0.00000338. The van der Waals surface area contributed by atoms with Gasteiger partial charge in [0.05, 0.1) is 12.7 Å². The highest BCUT2D eigenvalue weighted by molar-refractivity contribution is 14.0. The van der Waals surface area contributed by atoms with Gasteiger partial charge in [0.15, 0.2) is 5.96 Å². The van der Waals surface area contributed by atoms with Crippen LogP contribution in [0.15, 0.2) is 4.99 Å². The van der Waals surface area contributed by atoms with Gasteiger partial charge in [-0.3, -0.25) is 4.99 Å². The van der Waals surface area contributed by atoms with Gasteiger partial charge in [0, 0.05) is 66.2 Å². The van der Waals surface area contributed by atoms with Crippen LogP contribution in [-0.2, 0) is 14.2 Å². The van der Waals surface area contributed by atoms with Crippen LogP contribution >= 0.6 is 24.0 Å². The van der Waals surface area contributed by atoms with E-state index in [1.165, 1.54) is 0 Å². The van der Waals surface area contributed by atoms with E-state index in [2.05, 4.69) is 20.5 Å². The normalized spacial score (nSPS) is 20.6. The SMILES string of the molecule is CN=C(NCCCOC1CCOCC1)NC1CCN(CCOC)CC1.I. The van der Waals surface area contributed by atoms with Gasteiger partial charge < -0.3 is 29.7 Å². The van der Waals surface area contributed by atoms with Crippen molar-refractivity contribution in [3.8, 4) is 0 Å². The molecule has 0 aromatic heterocycles. The number of hydrogen-bond acceptors (Lipinski definition) is 5. The second-order valence-electron chi connectivity index (χ2n) is 6.79. The average molecular weight is 484 g/mol. The summed E-state index contributed by atoms with van der Waals surface area (Å²) in [6.45, 7) is 7.45. The van der Waals surface area contributed by atoms with Gasteiger partial charge in [-0.2, -0.15) is 0 Å². The lowest BCUT2D eigenvalue weighted by molar-refractivity contribution is -0.0320. The third kappa shape index (κ3) is 9.68. The standard InChI is InChI=1S/C18H36N4O3.HI/c1-19-18(20-8-3-12-25-17-6-13-24-14-7-17)21-16-4-9-22(10-5-16)11-15-23-2;/h16-17H,3-15H2,1-2H3,(H2,19,20,21);1H. The monoisotopic (exact) mass is 484 g/mol. The van der Waals surface area contributed by atoms with Gasteiger partial charge in [0.2, 0.25) is 0 Å². The van der Waals surface area contributed by atoms with Crippen molar-refractivity contribution in [2.75, 3.05) is 66.8 Å². The van der Waals surface area contributed by atoms with Crippen molar-refractivity contribution in [2.24, 2.45) is 4.99 Å². The summed E-state index contributed by atoms with van der Waals surface area (Å²) in [6.07, 6.45) is 5.73. The van der Waals surface area contributed by atoms with Crippen LogP contribution in [0.2, 0.25) is 0 Å². The Morgan fingerprint density at radius 2 is 1.88 bits per heavy atom. The minimum Gasteiger partial charge on any atom is -0.383 e. The first-order valence-electron chi connectivity index (χ1n) is 9.69. The molecule has 26 heavy (non-hydrogen) atoms. The van der Waals surface area contributed by atoms with Crippen molar-refractivity contribution >= 4 is 29.9 Å². The molecule has 7 nitrogen and oxygen atoms in total. The Morgan fingerprint density at radius 1 is 1.15 bits per heavy atom. The summed E-state index contributed by atoms with van der Waals surface area (Å²) in [5.74, 6) is 0.904. The van der Waals surface area contributed by atoms with Gasteiger partial charge >= 0.3 is 0 Å². The zero-order valence-corrected chi connectivity index (χ0v) is 18.7. The number of nitrogens with one attached hydrogen (secondary N) is 2. The van der Waals surface area contributed by atoms with Crippen LogP contribution in [0, 0.1) is 0 Å². The van der Waals surface area contributed by atoms with Crippen molar-refractivity contribution in [3.05, 3.63) is 0 Å². The number of halogens is 1. The smallest absolute Gasteiger partial charge is 0.191 e. The number of aliphatic imine (C=N–C) groups is 1. The van der Waals surface area contributed by atoms with Crippen molar-refractivity contribution in [3.63, 3.8) is 0 Å². The number of piperidine rings is 1. The Hall–Kier alpha value is -0.160. The number of guanidine groups is 1. The summed E-state index contributed by atoms with van der Waals surface area (Å²) in [7, 11) is 3.60. The molecule has 0 bridgehead atoms. The maximum Gasteiger partial charge on any atom is 0.191 e. The van der Waals surface area contributed by atoms with E-state index >= 15 is 0 Å². The van der Waals surface area contributed by atoms with E-state index in [0.717, 1.165) is 90.7 Å². The van der Waals surface area contributed by atoms with Crippen LogP contribution in [0.5, 0.6) is 0 Å². The maximum atomic E-state index is 5.90. The van der Waals surface area contributed by atoms with Crippen LogP contribution in [0.4, 0.5) is 0 Å². The second kappa shape index (κ2) is 14.8. The molecule has 0 spiro atoms. The lowest BCUT2D eigenvalue weighted by Crippen LogP contribution is -2.49. The van der Waals surface area contributed by atoms with Crippen LogP contribution in [0.1, 0.15) is 32.1 Å². The highest BCUT2D eigenvalue weighted by Gasteiger charge is 2.19. The van der Waals surface area contributed by atoms with Crippen LogP contribution in [0.3, 0.4) is 0 Å². The Labute approximate surface area is 175 Å². The quantitative estimate of drug-likeness (QED) is 0.224. The highest BCUT2D eigenvalue weighted by Crippen LogP contribution is 2.11. The van der Waals surface area contributed by atoms with Crippen LogP contribution in [-0.4, -0.2) is 89.8 Å². The molecule has 0 radical (unpaired) electrons. The fraction of sp³-hybridized carbons (Fsp3) is 0.944. The molecule has 0 aromatic rings. The summed E-state index contributed by atoms with van der Waals surface area (Å²) in [5, 5.41) is 6.95. The molecule has 0 aromatic carbocycles. The highest BCUT2D eigenvalue weighted by atomic mass is 127. The molecule has 2 heterocycles. The predicted molar refractivity (Wildman–Crippen MR) is 116 cm³/mol. The summed E-state index contributed by atoms with van der Waals surface area (Å²) < 4.78 is 16.4. The lowest BCUT2D eigenvalue weighted by Gasteiger charge is -2.32. The van der Waals surface area contributed by atoms with Crippen molar-refractivity contribution in [1.82, 2.24) is 15.5 Å². The van der Waals surface area contributed by atoms with Crippen LogP contribution < -0.4 is 10.6 Å². The first-order valence-corrected chi connectivity index (χ1v) is 9.69. The van der Waals surface area contributed by atoms with E-state index < -0.39 is 0 Å². The first-order chi connectivity index (χ1) is 12.3. The van der Waals surface area contributed by atoms with Crippen molar-refractivity contribution < 1.29 is 14.2 Å². The van der Waals surface area contributed by atoms with Gasteiger partial charge in [-0.05, 0) is 32.1 Å². The minimum absolute atomic E-state index is 0. The predicted octanol–water partition coefficient (Wildman–Crippen LogP) is 1.47. The molecule has 154 valence electrons. The molecule has 2 rings (SSSR count). The molecular weight excluding hydrogens is 447 g/mol. The summed E-state index contributed by atoms with van der Waals surface area (Å²) in [5.41, 5.74) is 0. The van der Waals surface area contributed by atoms with Gasteiger partial charge in [0.1, 0.15) is 0 Å². The Morgan fingerprint density at radius 3 is 2.54 bits per heavy atom. The zero-order chi connectivity index (χ0) is 17.7. The number of ether oxygens (including phenoxy) is 3. The van der Waals surface area contributed by atoms with Crippen molar-refractivity contribution in [1.29, 1.82) is 0 Å². The molecule has 0 aliphatic carbocycles. The zero-order valence-electron chi connectivity index (χ0n) is 16.4. The van der Waals surface area contributed by atoms with Gasteiger partial charge in [-0.25, -0.2) is 0 Å². The molecule has 0 saturated carbocycles. The van der Waals surface area contributed by atoms with E-state index in [4.69, 9.17) is 14.2 Å².